The smallest absolute Gasteiger partial charge is 0.210 e. The van der Waals surface area contributed by atoms with Crippen LogP contribution in [0.5, 0.6) is 0 Å². The third-order valence-electron chi connectivity index (χ3n) is 3.40. The second kappa shape index (κ2) is 7.36. The lowest BCUT2D eigenvalue weighted by Crippen LogP contribution is -2.09. The molecule has 5 heteroatoms. The maximum Gasteiger partial charge on any atom is 0.210 e. The van der Waals surface area contributed by atoms with Crippen molar-refractivity contribution < 1.29 is 4.42 Å². The summed E-state index contributed by atoms with van der Waals surface area (Å²) in [6.07, 6.45) is 1.72. The molecule has 0 bridgehead atoms. The number of benzene rings is 2. The molecule has 1 aromatic heterocycles. The largest absolute Gasteiger partial charge is 0.438 e. The number of hydrogen-bond donors (Lipinski definition) is 0. The fourth-order valence-corrected chi connectivity index (χ4v) is 2.94. The molecule has 0 saturated carbocycles. The number of anilines is 3. The molecule has 24 heavy (non-hydrogen) atoms. The second-order valence-corrected chi connectivity index (χ2v) is 6.28. The third-order valence-corrected chi connectivity index (χ3v) is 3.96. The van der Waals surface area contributed by atoms with E-state index in [-0.39, 0.29) is 0 Å². The molecule has 122 valence electrons. The van der Waals surface area contributed by atoms with Gasteiger partial charge in [0.1, 0.15) is 0 Å². The maximum atomic E-state index is 5.80. The average molecular weight is 384 g/mol. The van der Waals surface area contributed by atoms with Gasteiger partial charge in [-0.15, -0.1) is 0 Å². The summed E-state index contributed by atoms with van der Waals surface area (Å²) in [6.45, 7) is 0. The molecule has 0 saturated heterocycles. The van der Waals surface area contributed by atoms with E-state index in [1.165, 1.54) is 0 Å². The van der Waals surface area contributed by atoms with Crippen molar-refractivity contribution in [3.63, 3.8) is 0 Å². The van der Waals surface area contributed by atoms with Crippen molar-refractivity contribution in [2.24, 2.45) is 5.10 Å². The van der Waals surface area contributed by atoms with Crippen molar-refractivity contribution in [1.29, 1.82) is 0 Å². The van der Waals surface area contributed by atoms with Crippen molar-refractivity contribution in [2.45, 2.75) is 0 Å². The van der Waals surface area contributed by atoms with E-state index in [2.05, 4.69) is 21.0 Å². The van der Waals surface area contributed by atoms with Gasteiger partial charge < -0.3 is 9.32 Å². The molecule has 0 aliphatic rings. The SMILES string of the molecule is CN(C)c1oc(/C=N\N(c2ccccc2)c2ccccc2)cc1Br. The van der Waals surface area contributed by atoms with Gasteiger partial charge >= 0.3 is 0 Å². The molecule has 2 aromatic carbocycles. The van der Waals surface area contributed by atoms with Crippen molar-refractivity contribution in [2.75, 3.05) is 24.0 Å². The van der Waals surface area contributed by atoms with Crippen LogP contribution in [0, 0.1) is 0 Å². The molecule has 0 fully saturated rings. The molecule has 0 radical (unpaired) electrons. The van der Waals surface area contributed by atoms with Gasteiger partial charge in [0.05, 0.1) is 22.1 Å². The van der Waals surface area contributed by atoms with Gasteiger partial charge in [-0.1, -0.05) is 36.4 Å². The molecule has 0 aliphatic heterocycles. The van der Waals surface area contributed by atoms with Gasteiger partial charge in [-0.05, 0) is 40.2 Å². The van der Waals surface area contributed by atoms with Crippen molar-refractivity contribution in [1.82, 2.24) is 0 Å². The Morgan fingerprint density at radius 2 is 1.46 bits per heavy atom. The Bertz CT molecular complexity index is 774. The van der Waals surface area contributed by atoms with E-state index < -0.39 is 0 Å². The van der Waals surface area contributed by atoms with Crippen LogP contribution < -0.4 is 9.91 Å². The van der Waals surface area contributed by atoms with Crippen LogP contribution in [0.2, 0.25) is 0 Å². The first-order chi connectivity index (χ1) is 11.6. The lowest BCUT2D eigenvalue weighted by molar-refractivity contribution is 0.557. The predicted octanol–water partition coefficient (Wildman–Crippen LogP) is 5.28. The standard InChI is InChI=1S/C19H18BrN3O/c1-22(2)19-18(20)13-17(24-19)14-21-23(15-9-5-3-6-10-15)16-11-7-4-8-12-16/h3-14H,1-2H3/b21-14-. The fraction of sp³-hybridized carbons (Fsp3) is 0.105. The number of hydrogen-bond acceptors (Lipinski definition) is 4. The number of hydrazone groups is 1. The molecular formula is C19H18BrN3O. The highest BCUT2D eigenvalue weighted by Crippen LogP contribution is 2.29. The predicted molar refractivity (Wildman–Crippen MR) is 103 cm³/mol. The second-order valence-electron chi connectivity index (χ2n) is 5.42. The molecule has 1 heterocycles. The Hall–Kier alpha value is -2.53. The number of nitrogens with zero attached hydrogens (tertiary/aromatic N) is 3. The van der Waals surface area contributed by atoms with E-state index >= 15 is 0 Å². The topological polar surface area (TPSA) is 32.0 Å². The van der Waals surface area contributed by atoms with Gasteiger partial charge in [-0.25, -0.2) is 5.01 Å². The van der Waals surface area contributed by atoms with Gasteiger partial charge in [0.2, 0.25) is 5.88 Å². The summed E-state index contributed by atoms with van der Waals surface area (Å²) in [5.74, 6) is 1.45. The Labute approximate surface area is 150 Å². The number of halogens is 1. The molecular weight excluding hydrogens is 366 g/mol. The highest BCUT2D eigenvalue weighted by molar-refractivity contribution is 9.10. The summed E-state index contributed by atoms with van der Waals surface area (Å²) in [4.78, 5) is 1.91. The third kappa shape index (κ3) is 3.68. The zero-order chi connectivity index (χ0) is 16.9. The molecule has 0 N–H and O–H groups in total. The first-order valence-corrected chi connectivity index (χ1v) is 8.35. The van der Waals surface area contributed by atoms with Crippen LogP contribution in [0.1, 0.15) is 5.76 Å². The lowest BCUT2D eigenvalue weighted by Gasteiger charge is -2.18. The summed E-state index contributed by atoms with van der Waals surface area (Å²) in [7, 11) is 3.87. The van der Waals surface area contributed by atoms with E-state index in [4.69, 9.17) is 4.42 Å². The van der Waals surface area contributed by atoms with E-state index in [0.29, 0.717) is 5.76 Å². The summed E-state index contributed by atoms with van der Waals surface area (Å²) < 4.78 is 6.70. The van der Waals surface area contributed by atoms with Crippen molar-refractivity contribution in [3.05, 3.63) is 77.0 Å². The molecule has 3 rings (SSSR count). The van der Waals surface area contributed by atoms with Crippen molar-refractivity contribution >= 4 is 39.4 Å². The minimum Gasteiger partial charge on any atom is -0.438 e. The van der Waals surface area contributed by atoms with Crippen molar-refractivity contribution in [3.8, 4) is 0 Å². The monoisotopic (exact) mass is 383 g/mol. The molecule has 3 aromatic rings. The number of para-hydroxylation sites is 2. The summed E-state index contributed by atoms with van der Waals surface area (Å²) in [5, 5.41) is 6.50. The molecule has 0 aliphatic carbocycles. The van der Waals surface area contributed by atoms with Crippen LogP contribution in [0.4, 0.5) is 17.3 Å². The van der Waals surface area contributed by atoms with Gasteiger partial charge in [-0.3, -0.25) is 0 Å². The van der Waals surface area contributed by atoms with Crippen LogP contribution in [0.15, 0.2) is 80.7 Å². The van der Waals surface area contributed by atoms with Crippen LogP contribution in [0.25, 0.3) is 0 Å². The van der Waals surface area contributed by atoms with Gasteiger partial charge in [-0.2, -0.15) is 5.10 Å². The zero-order valence-corrected chi connectivity index (χ0v) is 15.1. The van der Waals surface area contributed by atoms with Crippen LogP contribution in [0.3, 0.4) is 0 Å². The fourth-order valence-electron chi connectivity index (χ4n) is 2.28. The Morgan fingerprint density at radius 1 is 0.917 bits per heavy atom. The summed E-state index contributed by atoms with van der Waals surface area (Å²) in [6, 6.07) is 22.0. The quantitative estimate of drug-likeness (QED) is 0.443. The normalized spacial score (nSPS) is 11.0. The van der Waals surface area contributed by atoms with E-state index in [0.717, 1.165) is 21.7 Å². The average Bonchev–Trinajstić information content (AvgIpc) is 2.98. The van der Waals surface area contributed by atoms with E-state index in [1.54, 1.807) is 6.21 Å². The van der Waals surface area contributed by atoms with Gasteiger partial charge in [0.15, 0.2) is 5.76 Å². The first-order valence-electron chi connectivity index (χ1n) is 7.56. The number of rotatable bonds is 5. The van der Waals surface area contributed by atoms with E-state index in [9.17, 15) is 0 Å². The zero-order valence-electron chi connectivity index (χ0n) is 13.6. The van der Waals surface area contributed by atoms with Gasteiger partial charge in [0.25, 0.3) is 0 Å². The number of furan rings is 1. The van der Waals surface area contributed by atoms with Gasteiger partial charge in [0, 0.05) is 20.2 Å². The highest BCUT2D eigenvalue weighted by atomic mass is 79.9. The maximum absolute atomic E-state index is 5.80. The molecule has 0 unspecified atom stereocenters. The van der Waals surface area contributed by atoms with E-state index in [1.807, 2.05) is 90.7 Å². The highest BCUT2D eigenvalue weighted by Gasteiger charge is 2.11. The minimum atomic E-state index is 0.683. The Morgan fingerprint density at radius 3 is 1.92 bits per heavy atom. The van der Waals surface area contributed by atoms with Crippen LogP contribution in [-0.4, -0.2) is 20.3 Å². The molecule has 0 spiro atoms. The molecule has 0 atom stereocenters. The molecule has 4 nitrogen and oxygen atoms in total. The van der Waals surface area contributed by atoms with Crippen LogP contribution in [-0.2, 0) is 0 Å². The van der Waals surface area contributed by atoms with Crippen LogP contribution >= 0.6 is 15.9 Å². The molecule has 0 amide bonds. The Kier molecular flexibility index (Phi) is 5.01. The Balaban J connectivity index is 1.94. The summed E-state index contributed by atoms with van der Waals surface area (Å²) >= 11 is 3.50. The minimum absolute atomic E-state index is 0.683. The first kappa shape index (κ1) is 16.3. The lowest BCUT2D eigenvalue weighted by atomic mass is 10.2. The summed E-state index contributed by atoms with van der Waals surface area (Å²) in [5.41, 5.74) is 1.97.